The predicted octanol–water partition coefficient (Wildman–Crippen LogP) is 2.36. The molecule has 0 radical (unpaired) electrons. The van der Waals surface area contributed by atoms with Crippen LogP contribution in [0.2, 0.25) is 0 Å². The summed E-state index contributed by atoms with van der Waals surface area (Å²) in [6.07, 6.45) is 2.61. The molecule has 0 spiro atoms. The summed E-state index contributed by atoms with van der Waals surface area (Å²) < 4.78 is 9.74. The highest BCUT2D eigenvalue weighted by Crippen LogP contribution is 2.12. The number of carbonyl (C=O) groups is 1. The van der Waals surface area contributed by atoms with Crippen molar-refractivity contribution in [3.05, 3.63) is 17.6 Å². The Morgan fingerprint density at radius 1 is 1.50 bits per heavy atom. The molecule has 0 saturated heterocycles. The molecule has 0 unspecified atom stereocenters. The van der Waals surface area contributed by atoms with E-state index in [1.54, 1.807) is 6.08 Å². The largest absolute Gasteiger partial charge is 0.484 e. The Hall–Kier alpha value is -1.19. The Balaban J connectivity index is 4.40. The highest BCUT2D eigenvalue weighted by atomic mass is 32.2. The number of nitrogens with one attached hydrogen (secondary N) is 1. The van der Waals surface area contributed by atoms with Crippen LogP contribution in [0, 0.1) is 5.41 Å². The third kappa shape index (κ3) is 6.32. The van der Waals surface area contributed by atoms with E-state index in [0.29, 0.717) is 12.4 Å². The summed E-state index contributed by atoms with van der Waals surface area (Å²) in [6, 6.07) is 0. The standard InChI is InChI=1S/C11H17NO3S/c1-4-6-7-9(15-5-2)11(12)16-8-10(13)14-3/h6,12H,4-5,8H2,1-3H3. The molecule has 4 nitrogen and oxygen atoms in total. The zero-order chi connectivity index (χ0) is 12.4. The Morgan fingerprint density at radius 2 is 2.19 bits per heavy atom. The molecular formula is C11H17NO3S. The van der Waals surface area contributed by atoms with Gasteiger partial charge in [-0.05, 0) is 19.4 Å². The Kier molecular flexibility index (Phi) is 8.39. The molecule has 5 heteroatoms. The molecule has 0 heterocycles. The minimum absolute atomic E-state index is 0.111. The van der Waals surface area contributed by atoms with Crippen LogP contribution < -0.4 is 0 Å². The monoisotopic (exact) mass is 243 g/mol. The molecule has 1 N–H and O–H groups in total. The predicted molar refractivity (Wildman–Crippen MR) is 65.7 cm³/mol. The van der Waals surface area contributed by atoms with Gasteiger partial charge in [-0.1, -0.05) is 24.4 Å². The van der Waals surface area contributed by atoms with Gasteiger partial charge in [-0.25, -0.2) is 0 Å². The molecule has 0 aromatic heterocycles. The second-order valence-electron chi connectivity index (χ2n) is 2.71. The molecule has 0 aliphatic heterocycles. The first-order valence-corrected chi connectivity index (χ1v) is 6.00. The second-order valence-corrected chi connectivity index (χ2v) is 3.70. The molecule has 0 amide bonds. The molecule has 0 rings (SSSR count). The number of thioether (sulfide) groups is 1. The summed E-state index contributed by atoms with van der Waals surface area (Å²) >= 11 is 1.07. The van der Waals surface area contributed by atoms with Crippen LogP contribution in [0.15, 0.2) is 17.6 Å². The van der Waals surface area contributed by atoms with Crippen LogP contribution >= 0.6 is 11.8 Å². The normalized spacial score (nSPS) is 8.94. The molecule has 0 fully saturated rings. The zero-order valence-corrected chi connectivity index (χ0v) is 10.6. The number of ether oxygens (including phenoxy) is 2. The van der Waals surface area contributed by atoms with Crippen LogP contribution in [0.1, 0.15) is 20.3 Å². The smallest absolute Gasteiger partial charge is 0.316 e. The Morgan fingerprint density at radius 3 is 2.69 bits per heavy atom. The number of hydrogen-bond acceptors (Lipinski definition) is 5. The first kappa shape index (κ1) is 14.8. The minimum Gasteiger partial charge on any atom is -0.484 e. The van der Waals surface area contributed by atoms with Crippen molar-refractivity contribution in [1.29, 1.82) is 5.41 Å². The summed E-state index contributed by atoms with van der Waals surface area (Å²) in [5.41, 5.74) is 2.88. The maximum atomic E-state index is 10.9. The minimum atomic E-state index is -0.356. The van der Waals surface area contributed by atoms with E-state index in [2.05, 4.69) is 10.5 Å². The molecule has 16 heavy (non-hydrogen) atoms. The maximum absolute atomic E-state index is 10.9. The summed E-state index contributed by atoms with van der Waals surface area (Å²) in [7, 11) is 1.32. The van der Waals surface area contributed by atoms with Gasteiger partial charge in [0.15, 0.2) is 5.76 Å². The van der Waals surface area contributed by atoms with E-state index in [1.165, 1.54) is 7.11 Å². The van der Waals surface area contributed by atoms with E-state index in [4.69, 9.17) is 10.1 Å². The van der Waals surface area contributed by atoms with Crippen molar-refractivity contribution >= 4 is 22.8 Å². The average Bonchev–Trinajstić information content (AvgIpc) is 2.30. The van der Waals surface area contributed by atoms with Gasteiger partial charge < -0.3 is 9.47 Å². The molecular weight excluding hydrogens is 226 g/mol. The van der Waals surface area contributed by atoms with Crippen molar-refractivity contribution < 1.29 is 14.3 Å². The molecule has 0 atom stereocenters. The fourth-order valence-corrected chi connectivity index (χ4v) is 1.40. The third-order valence-corrected chi connectivity index (χ3v) is 2.35. The van der Waals surface area contributed by atoms with Crippen LogP contribution in [0.5, 0.6) is 0 Å². The van der Waals surface area contributed by atoms with Gasteiger partial charge in [-0.15, -0.1) is 0 Å². The fourth-order valence-electron chi connectivity index (χ4n) is 0.767. The van der Waals surface area contributed by atoms with Crippen molar-refractivity contribution in [2.24, 2.45) is 0 Å². The van der Waals surface area contributed by atoms with Crippen LogP contribution in [0.3, 0.4) is 0 Å². The zero-order valence-electron chi connectivity index (χ0n) is 9.83. The highest BCUT2D eigenvalue weighted by Gasteiger charge is 2.09. The van der Waals surface area contributed by atoms with Gasteiger partial charge in [-0.2, -0.15) is 0 Å². The molecule has 0 aliphatic rings. The fraction of sp³-hybridized carbons (Fsp3) is 0.545. The number of carbonyl (C=O) groups excluding carboxylic acids is 1. The molecule has 0 saturated carbocycles. The van der Waals surface area contributed by atoms with Crippen LogP contribution in [-0.4, -0.2) is 30.5 Å². The summed E-state index contributed by atoms with van der Waals surface area (Å²) in [5.74, 6) is 0.128. The third-order valence-electron chi connectivity index (χ3n) is 1.49. The maximum Gasteiger partial charge on any atom is 0.316 e. The van der Waals surface area contributed by atoms with Gasteiger partial charge >= 0.3 is 5.97 Å². The van der Waals surface area contributed by atoms with Crippen molar-refractivity contribution in [3.63, 3.8) is 0 Å². The molecule has 0 aromatic rings. The van der Waals surface area contributed by atoms with Gasteiger partial charge in [0, 0.05) is 0 Å². The topological polar surface area (TPSA) is 59.4 Å². The lowest BCUT2D eigenvalue weighted by Gasteiger charge is -2.06. The quantitative estimate of drug-likeness (QED) is 0.256. The summed E-state index contributed by atoms with van der Waals surface area (Å²) in [5, 5.41) is 7.90. The van der Waals surface area contributed by atoms with Gasteiger partial charge in [0.05, 0.1) is 19.5 Å². The van der Waals surface area contributed by atoms with E-state index < -0.39 is 0 Å². The van der Waals surface area contributed by atoms with Gasteiger partial charge in [0.1, 0.15) is 5.04 Å². The summed E-state index contributed by atoms with van der Waals surface area (Å²) in [4.78, 5) is 10.9. The number of esters is 1. The van der Waals surface area contributed by atoms with Crippen LogP contribution in [-0.2, 0) is 14.3 Å². The highest BCUT2D eigenvalue weighted by molar-refractivity contribution is 8.14. The van der Waals surface area contributed by atoms with Crippen LogP contribution in [0.25, 0.3) is 0 Å². The lowest BCUT2D eigenvalue weighted by molar-refractivity contribution is -0.137. The van der Waals surface area contributed by atoms with Crippen molar-refractivity contribution in [2.45, 2.75) is 20.3 Å². The second kappa shape index (κ2) is 9.07. The number of methoxy groups -OCH3 is 1. The molecule has 0 aromatic carbocycles. The van der Waals surface area contributed by atoms with Gasteiger partial charge in [0.25, 0.3) is 0 Å². The molecule has 0 bridgehead atoms. The lowest BCUT2D eigenvalue weighted by atomic mass is 10.4. The first-order chi connectivity index (χ1) is 7.65. The first-order valence-electron chi connectivity index (χ1n) is 5.02. The lowest BCUT2D eigenvalue weighted by Crippen LogP contribution is -2.08. The van der Waals surface area contributed by atoms with E-state index in [-0.39, 0.29) is 16.8 Å². The SMILES string of the molecule is CCC=C=C(OCC)C(=N)SCC(=O)OC. The average molecular weight is 243 g/mol. The summed E-state index contributed by atoms with van der Waals surface area (Å²) in [6.45, 7) is 4.29. The van der Waals surface area contributed by atoms with Gasteiger partial charge in [-0.3, -0.25) is 10.2 Å². The molecule has 0 aliphatic carbocycles. The van der Waals surface area contributed by atoms with E-state index >= 15 is 0 Å². The Bertz CT molecular complexity index is 306. The molecule has 90 valence electrons. The van der Waals surface area contributed by atoms with E-state index in [9.17, 15) is 4.79 Å². The Labute approximate surface area is 100 Å². The van der Waals surface area contributed by atoms with Crippen LogP contribution in [0.4, 0.5) is 0 Å². The number of hydrogen-bond donors (Lipinski definition) is 1. The number of rotatable bonds is 6. The van der Waals surface area contributed by atoms with Crippen molar-refractivity contribution in [2.75, 3.05) is 19.5 Å². The van der Waals surface area contributed by atoms with Crippen molar-refractivity contribution in [3.8, 4) is 0 Å². The van der Waals surface area contributed by atoms with E-state index in [1.807, 2.05) is 13.8 Å². The van der Waals surface area contributed by atoms with Crippen molar-refractivity contribution in [1.82, 2.24) is 0 Å². The van der Waals surface area contributed by atoms with E-state index in [0.717, 1.165) is 18.2 Å². The van der Waals surface area contributed by atoms with Gasteiger partial charge in [0.2, 0.25) is 0 Å².